The van der Waals surface area contributed by atoms with Gasteiger partial charge in [0.1, 0.15) is 24.2 Å². The summed E-state index contributed by atoms with van der Waals surface area (Å²) in [5.74, 6) is 1.16. The van der Waals surface area contributed by atoms with Crippen molar-refractivity contribution in [1.29, 1.82) is 5.26 Å². The standard InChI is InChI=1S/C27H27N3O4/c28-19-22-10-4-5-11-24(22)33-20-23-13-14-25(34-23)27(32)30-17-15-29(16-18-30)26(31)12-6-9-21-7-2-1-3-8-21/h1-5,7-8,10-11,13-14H,6,9,12,15-18,20H2. The third-order valence-electron chi connectivity index (χ3n) is 5.87. The molecule has 2 heterocycles. The molecule has 0 bridgehead atoms. The topological polar surface area (TPSA) is 86.8 Å². The molecule has 3 aromatic rings. The van der Waals surface area contributed by atoms with Crippen LogP contribution in [-0.2, 0) is 17.8 Å². The number of amides is 2. The highest BCUT2D eigenvalue weighted by molar-refractivity contribution is 5.91. The highest BCUT2D eigenvalue weighted by atomic mass is 16.5. The maximum absolute atomic E-state index is 12.8. The zero-order valence-electron chi connectivity index (χ0n) is 19.0. The minimum Gasteiger partial charge on any atom is -0.484 e. The van der Waals surface area contributed by atoms with Crippen LogP contribution in [-0.4, -0.2) is 47.8 Å². The van der Waals surface area contributed by atoms with Crippen LogP contribution in [0.1, 0.15) is 40.3 Å². The first-order valence-corrected chi connectivity index (χ1v) is 11.5. The second kappa shape index (κ2) is 11.2. The van der Waals surface area contributed by atoms with Gasteiger partial charge in [0, 0.05) is 32.6 Å². The lowest BCUT2D eigenvalue weighted by molar-refractivity contribution is -0.132. The molecule has 7 heteroatoms. The van der Waals surface area contributed by atoms with E-state index in [9.17, 15) is 9.59 Å². The smallest absolute Gasteiger partial charge is 0.289 e. The van der Waals surface area contributed by atoms with Crippen LogP contribution in [0.5, 0.6) is 5.75 Å². The number of carbonyl (C=O) groups is 2. The first-order chi connectivity index (χ1) is 16.6. The minimum absolute atomic E-state index is 0.122. The molecule has 4 rings (SSSR count). The lowest BCUT2D eigenvalue weighted by Crippen LogP contribution is -2.50. The van der Waals surface area contributed by atoms with Gasteiger partial charge in [-0.15, -0.1) is 0 Å². The first-order valence-electron chi connectivity index (χ1n) is 11.5. The predicted molar refractivity (Wildman–Crippen MR) is 126 cm³/mol. The quantitative estimate of drug-likeness (QED) is 0.510. The summed E-state index contributed by atoms with van der Waals surface area (Å²) in [5.41, 5.74) is 1.68. The molecule has 1 aliphatic heterocycles. The van der Waals surface area contributed by atoms with Crippen LogP contribution in [0.3, 0.4) is 0 Å². The van der Waals surface area contributed by atoms with Gasteiger partial charge in [-0.25, -0.2) is 0 Å². The number of benzene rings is 2. The number of para-hydroxylation sites is 1. The summed E-state index contributed by atoms with van der Waals surface area (Å²) in [4.78, 5) is 28.9. The van der Waals surface area contributed by atoms with Crippen LogP contribution in [0.25, 0.3) is 0 Å². The molecule has 1 aromatic heterocycles. The van der Waals surface area contributed by atoms with Gasteiger partial charge in [-0.1, -0.05) is 42.5 Å². The average Bonchev–Trinajstić information content (AvgIpc) is 3.37. The first kappa shape index (κ1) is 23.1. The van der Waals surface area contributed by atoms with E-state index in [1.807, 2.05) is 23.1 Å². The van der Waals surface area contributed by atoms with Crippen LogP contribution in [0, 0.1) is 11.3 Å². The Kier molecular flexibility index (Phi) is 7.61. The molecule has 0 aliphatic carbocycles. The molecule has 1 saturated heterocycles. The van der Waals surface area contributed by atoms with Gasteiger partial charge < -0.3 is 19.0 Å². The van der Waals surface area contributed by atoms with E-state index in [0.29, 0.717) is 49.7 Å². The van der Waals surface area contributed by atoms with Gasteiger partial charge in [0.05, 0.1) is 5.56 Å². The number of rotatable bonds is 8. The number of aryl methyl sites for hydroxylation is 1. The lowest BCUT2D eigenvalue weighted by atomic mass is 10.1. The zero-order valence-corrected chi connectivity index (χ0v) is 19.0. The molecule has 1 fully saturated rings. The van der Waals surface area contributed by atoms with Gasteiger partial charge in [-0.2, -0.15) is 5.26 Å². The number of furan rings is 1. The fraction of sp³-hybridized carbons (Fsp3) is 0.296. The average molecular weight is 458 g/mol. The molecule has 0 radical (unpaired) electrons. The highest BCUT2D eigenvalue weighted by Gasteiger charge is 2.26. The Balaban J connectivity index is 1.22. The Labute approximate surface area is 199 Å². The molecule has 174 valence electrons. The van der Waals surface area contributed by atoms with Gasteiger partial charge in [0.2, 0.25) is 5.91 Å². The maximum atomic E-state index is 12.8. The number of hydrogen-bond donors (Lipinski definition) is 0. The molecule has 0 saturated carbocycles. The Morgan fingerprint density at radius 2 is 1.62 bits per heavy atom. The van der Waals surface area contributed by atoms with Crippen LogP contribution >= 0.6 is 0 Å². The van der Waals surface area contributed by atoms with E-state index in [0.717, 1.165) is 12.8 Å². The molecule has 0 spiro atoms. The largest absolute Gasteiger partial charge is 0.484 e. The normalized spacial score (nSPS) is 13.4. The Morgan fingerprint density at radius 1 is 0.912 bits per heavy atom. The Hall–Kier alpha value is -4.05. The number of hydrogen-bond acceptors (Lipinski definition) is 5. The van der Waals surface area contributed by atoms with Crippen LogP contribution in [0.15, 0.2) is 71.1 Å². The number of piperazine rings is 1. The molecule has 1 aliphatic rings. The fourth-order valence-electron chi connectivity index (χ4n) is 3.97. The molecule has 0 atom stereocenters. The zero-order chi connectivity index (χ0) is 23.8. The van der Waals surface area contributed by atoms with E-state index >= 15 is 0 Å². The second-order valence-electron chi connectivity index (χ2n) is 8.17. The Morgan fingerprint density at radius 3 is 2.38 bits per heavy atom. The van der Waals surface area contributed by atoms with E-state index in [1.165, 1.54) is 5.56 Å². The van der Waals surface area contributed by atoms with Crippen molar-refractivity contribution >= 4 is 11.8 Å². The molecular weight excluding hydrogens is 430 g/mol. The summed E-state index contributed by atoms with van der Waals surface area (Å²) in [5, 5.41) is 9.15. The van der Waals surface area contributed by atoms with Crippen LogP contribution in [0.4, 0.5) is 0 Å². The van der Waals surface area contributed by atoms with Crippen molar-refractivity contribution in [2.24, 2.45) is 0 Å². The molecule has 2 amide bonds. The molecule has 2 aromatic carbocycles. The van der Waals surface area contributed by atoms with Gasteiger partial charge in [-0.3, -0.25) is 9.59 Å². The molecule has 34 heavy (non-hydrogen) atoms. The summed E-state index contributed by atoms with van der Waals surface area (Å²) >= 11 is 0. The highest BCUT2D eigenvalue weighted by Crippen LogP contribution is 2.20. The van der Waals surface area contributed by atoms with Crippen LogP contribution < -0.4 is 4.74 Å². The van der Waals surface area contributed by atoms with Crippen molar-refractivity contribution < 1.29 is 18.7 Å². The lowest BCUT2D eigenvalue weighted by Gasteiger charge is -2.34. The van der Waals surface area contributed by atoms with Crippen molar-refractivity contribution in [1.82, 2.24) is 9.80 Å². The number of nitrogens with zero attached hydrogens (tertiary/aromatic N) is 3. The van der Waals surface area contributed by atoms with E-state index in [1.54, 1.807) is 41.3 Å². The SMILES string of the molecule is N#Cc1ccccc1OCc1ccc(C(=O)N2CCN(C(=O)CCCc3ccccc3)CC2)o1. The number of nitriles is 1. The predicted octanol–water partition coefficient (Wildman–Crippen LogP) is 4.04. The van der Waals surface area contributed by atoms with E-state index in [2.05, 4.69) is 18.2 Å². The van der Waals surface area contributed by atoms with Crippen LogP contribution in [0.2, 0.25) is 0 Å². The van der Waals surface area contributed by atoms with Crippen molar-refractivity contribution in [2.45, 2.75) is 25.9 Å². The number of carbonyl (C=O) groups excluding carboxylic acids is 2. The summed E-state index contributed by atoms with van der Waals surface area (Å²) in [6.45, 7) is 2.13. The second-order valence-corrected chi connectivity index (χ2v) is 8.17. The van der Waals surface area contributed by atoms with Crippen molar-refractivity contribution in [3.05, 3.63) is 89.4 Å². The fourth-order valence-corrected chi connectivity index (χ4v) is 3.97. The van der Waals surface area contributed by atoms with Gasteiger partial charge in [0.15, 0.2) is 5.76 Å². The van der Waals surface area contributed by atoms with Gasteiger partial charge >= 0.3 is 0 Å². The molecular formula is C27H27N3O4. The van der Waals surface area contributed by atoms with E-state index in [4.69, 9.17) is 14.4 Å². The summed E-state index contributed by atoms with van der Waals surface area (Å²) in [6, 6.07) is 22.5. The minimum atomic E-state index is -0.195. The number of ether oxygens (including phenoxy) is 1. The summed E-state index contributed by atoms with van der Waals surface area (Å²) in [6.07, 6.45) is 2.22. The van der Waals surface area contributed by atoms with E-state index < -0.39 is 0 Å². The Bertz CT molecular complexity index is 1160. The van der Waals surface area contributed by atoms with Gasteiger partial charge in [-0.05, 0) is 42.7 Å². The van der Waals surface area contributed by atoms with E-state index in [-0.39, 0.29) is 24.2 Å². The molecule has 7 nitrogen and oxygen atoms in total. The maximum Gasteiger partial charge on any atom is 0.289 e. The summed E-state index contributed by atoms with van der Waals surface area (Å²) in [7, 11) is 0. The van der Waals surface area contributed by atoms with Crippen molar-refractivity contribution in [3.63, 3.8) is 0 Å². The van der Waals surface area contributed by atoms with Crippen molar-refractivity contribution in [3.8, 4) is 11.8 Å². The monoisotopic (exact) mass is 457 g/mol. The third-order valence-corrected chi connectivity index (χ3v) is 5.87. The molecule has 0 N–H and O–H groups in total. The third kappa shape index (κ3) is 5.84. The van der Waals surface area contributed by atoms with Gasteiger partial charge in [0.25, 0.3) is 5.91 Å². The summed E-state index contributed by atoms with van der Waals surface area (Å²) < 4.78 is 11.4. The molecule has 0 unspecified atom stereocenters. The van der Waals surface area contributed by atoms with Crippen molar-refractivity contribution in [2.75, 3.05) is 26.2 Å².